The number of thioether (sulfide) groups is 1. The van der Waals surface area contributed by atoms with Crippen molar-refractivity contribution in [1.82, 2.24) is 10.2 Å². The van der Waals surface area contributed by atoms with Gasteiger partial charge in [-0.25, -0.2) is 0 Å². The van der Waals surface area contributed by atoms with E-state index in [1.807, 2.05) is 18.2 Å². The number of aryl methyl sites for hydroxylation is 1. The number of anilines is 1. The van der Waals surface area contributed by atoms with E-state index < -0.39 is 0 Å². The van der Waals surface area contributed by atoms with Gasteiger partial charge in [-0.15, -0.1) is 10.2 Å². The van der Waals surface area contributed by atoms with Gasteiger partial charge in [-0.05, 0) is 29.9 Å². The van der Waals surface area contributed by atoms with Crippen molar-refractivity contribution in [1.29, 1.82) is 0 Å². The summed E-state index contributed by atoms with van der Waals surface area (Å²) in [5.41, 5.74) is 1.05. The van der Waals surface area contributed by atoms with Crippen molar-refractivity contribution >= 4 is 34.1 Å². The number of amides is 1. The predicted molar refractivity (Wildman–Crippen MR) is 90.7 cm³/mol. The van der Waals surface area contributed by atoms with Gasteiger partial charge in [0, 0.05) is 6.42 Å². The Morgan fingerprint density at radius 2 is 2.13 bits per heavy atom. The summed E-state index contributed by atoms with van der Waals surface area (Å²) in [6.07, 6.45) is 1.02. The van der Waals surface area contributed by atoms with Crippen LogP contribution in [-0.2, 0) is 11.2 Å². The first-order valence-corrected chi connectivity index (χ1v) is 9.19. The van der Waals surface area contributed by atoms with Crippen molar-refractivity contribution in [3.8, 4) is 11.5 Å². The number of nitrogens with zero attached hydrogens (tertiary/aromatic N) is 2. The smallest absolute Gasteiger partial charge is 0.226 e. The molecule has 0 spiro atoms. The first-order chi connectivity index (χ1) is 11.2. The second-order valence-electron chi connectivity index (χ2n) is 4.83. The summed E-state index contributed by atoms with van der Waals surface area (Å²) >= 11 is 3.01. The van der Waals surface area contributed by atoms with Gasteiger partial charge in [0.25, 0.3) is 0 Å². The van der Waals surface area contributed by atoms with Crippen LogP contribution in [0.4, 0.5) is 5.13 Å². The largest absolute Gasteiger partial charge is 0.486 e. The minimum absolute atomic E-state index is 0.0657. The van der Waals surface area contributed by atoms with Crippen molar-refractivity contribution < 1.29 is 14.3 Å². The summed E-state index contributed by atoms with van der Waals surface area (Å²) in [5.74, 6) is 2.38. The van der Waals surface area contributed by atoms with Gasteiger partial charge < -0.3 is 14.8 Å². The lowest BCUT2D eigenvalue weighted by Gasteiger charge is -2.18. The molecular formula is C15H17N3O3S2. The van der Waals surface area contributed by atoms with Gasteiger partial charge in [0.1, 0.15) is 13.2 Å². The van der Waals surface area contributed by atoms with Gasteiger partial charge in [-0.2, -0.15) is 0 Å². The average molecular weight is 351 g/mol. The number of rotatable bonds is 6. The fourth-order valence-corrected chi connectivity index (χ4v) is 3.79. The van der Waals surface area contributed by atoms with Crippen molar-refractivity contribution in [2.24, 2.45) is 0 Å². The average Bonchev–Trinajstić information content (AvgIpc) is 3.00. The molecule has 6 nitrogen and oxygen atoms in total. The molecular weight excluding hydrogens is 334 g/mol. The Labute approximate surface area is 142 Å². The Balaban J connectivity index is 1.52. The van der Waals surface area contributed by atoms with Gasteiger partial charge in [0.15, 0.2) is 15.8 Å². The number of carbonyl (C=O) groups excluding carboxylic acids is 1. The number of carbonyl (C=O) groups is 1. The van der Waals surface area contributed by atoms with Gasteiger partial charge in [0.05, 0.1) is 0 Å². The summed E-state index contributed by atoms with van der Waals surface area (Å²) in [4.78, 5) is 12.0. The van der Waals surface area contributed by atoms with E-state index in [9.17, 15) is 4.79 Å². The third-order valence-corrected chi connectivity index (χ3v) is 5.02. The Bertz CT molecular complexity index is 690. The van der Waals surface area contributed by atoms with Gasteiger partial charge in [-0.1, -0.05) is 36.1 Å². The maximum atomic E-state index is 12.0. The van der Waals surface area contributed by atoms with Crippen LogP contribution < -0.4 is 14.8 Å². The molecule has 0 saturated heterocycles. The van der Waals surface area contributed by atoms with Crippen LogP contribution >= 0.6 is 23.1 Å². The lowest BCUT2D eigenvalue weighted by atomic mass is 10.1. The molecule has 0 saturated carbocycles. The van der Waals surface area contributed by atoms with E-state index in [2.05, 4.69) is 22.4 Å². The number of ether oxygens (including phenoxy) is 2. The summed E-state index contributed by atoms with van der Waals surface area (Å²) < 4.78 is 11.9. The van der Waals surface area contributed by atoms with Crippen LogP contribution in [0, 0.1) is 0 Å². The zero-order valence-electron chi connectivity index (χ0n) is 12.7. The van der Waals surface area contributed by atoms with Gasteiger partial charge in [-0.3, -0.25) is 4.79 Å². The quantitative estimate of drug-likeness (QED) is 0.637. The van der Waals surface area contributed by atoms with Gasteiger partial charge >= 0.3 is 0 Å². The summed E-state index contributed by atoms with van der Waals surface area (Å²) in [7, 11) is 0. The lowest BCUT2D eigenvalue weighted by Crippen LogP contribution is -2.15. The summed E-state index contributed by atoms with van der Waals surface area (Å²) in [5, 5.41) is 11.3. The lowest BCUT2D eigenvalue weighted by molar-refractivity contribution is -0.116. The maximum absolute atomic E-state index is 12.0. The highest BCUT2D eigenvalue weighted by molar-refractivity contribution is 8.01. The zero-order valence-corrected chi connectivity index (χ0v) is 14.3. The van der Waals surface area contributed by atoms with E-state index in [1.165, 1.54) is 11.3 Å². The van der Waals surface area contributed by atoms with Crippen molar-refractivity contribution in [3.05, 3.63) is 23.8 Å². The maximum Gasteiger partial charge on any atom is 0.226 e. The predicted octanol–water partition coefficient (Wildman–Crippen LogP) is 2.99. The van der Waals surface area contributed by atoms with Crippen molar-refractivity contribution in [2.45, 2.75) is 24.1 Å². The highest BCUT2D eigenvalue weighted by atomic mass is 32.2. The molecule has 122 valence electrons. The standard InChI is InChI=1S/C15H17N3O3S2/c1-2-22-15-18-17-14(23-15)16-13(19)6-4-10-3-5-11-12(9-10)21-8-7-20-11/h3,5,9H,2,4,6-8H2,1H3,(H,16,17,19). The molecule has 23 heavy (non-hydrogen) atoms. The molecule has 0 atom stereocenters. The monoisotopic (exact) mass is 351 g/mol. The Hall–Kier alpha value is -1.80. The first kappa shape index (κ1) is 16.1. The SMILES string of the molecule is CCSc1nnc(NC(=O)CCc2ccc3c(c2)OCCO3)s1. The second-order valence-corrected chi connectivity index (χ2v) is 7.32. The summed E-state index contributed by atoms with van der Waals surface area (Å²) in [6.45, 7) is 3.19. The van der Waals surface area contributed by atoms with E-state index >= 15 is 0 Å². The third-order valence-electron chi connectivity index (χ3n) is 3.17. The Morgan fingerprint density at radius 1 is 1.30 bits per heavy atom. The normalized spacial score (nSPS) is 12.9. The molecule has 1 aliphatic heterocycles. The van der Waals surface area contributed by atoms with Crippen LogP contribution in [-0.4, -0.2) is 35.1 Å². The van der Waals surface area contributed by atoms with E-state index in [4.69, 9.17) is 9.47 Å². The number of aromatic nitrogens is 2. The van der Waals surface area contributed by atoms with Crippen LogP contribution in [0.15, 0.2) is 22.5 Å². The Kier molecular flexibility index (Phi) is 5.35. The molecule has 1 aromatic heterocycles. The van der Waals surface area contributed by atoms with Gasteiger partial charge in [0.2, 0.25) is 11.0 Å². The number of hydrogen-bond acceptors (Lipinski definition) is 7. The molecule has 0 fully saturated rings. The minimum atomic E-state index is -0.0657. The number of fused-ring (bicyclic) bond motifs is 1. The fourth-order valence-electron chi connectivity index (χ4n) is 2.12. The highest BCUT2D eigenvalue weighted by Gasteiger charge is 2.13. The molecule has 0 radical (unpaired) electrons. The molecule has 0 unspecified atom stereocenters. The number of hydrogen-bond donors (Lipinski definition) is 1. The minimum Gasteiger partial charge on any atom is -0.486 e. The third kappa shape index (κ3) is 4.35. The first-order valence-electron chi connectivity index (χ1n) is 7.39. The van der Waals surface area contributed by atoms with E-state index in [1.54, 1.807) is 11.8 Å². The van der Waals surface area contributed by atoms with Crippen molar-refractivity contribution in [3.63, 3.8) is 0 Å². The van der Waals surface area contributed by atoms with E-state index in [-0.39, 0.29) is 5.91 Å². The van der Waals surface area contributed by atoms with Crippen molar-refractivity contribution in [2.75, 3.05) is 24.3 Å². The number of nitrogens with one attached hydrogen (secondary N) is 1. The van der Waals surface area contributed by atoms with Crippen LogP contribution in [0.3, 0.4) is 0 Å². The molecule has 1 aliphatic rings. The van der Waals surface area contributed by atoms with Crippen LogP contribution in [0.1, 0.15) is 18.9 Å². The fraction of sp³-hybridized carbons (Fsp3) is 0.400. The molecule has 0 aliphatic carbocycles. The zero-order chi connectivity index (χ0) is 16.1. The van der Waals surface area contributed by atoms with Crippen LogP contribution in [0.2, 0.25) is 0 Å². The highest BCUT2D eigenvalue weighted by Crippen LogP contribution is 2.31. The molecule has 2 heterocycles. The summed E-state index contributed by atoms with van der Waals surface area (Å²) in [6, 6.07) is 5.78. The topological polar surface area (TPSA) is 73.3 Å². The molecule has 3 rings (SSSR count). The van der Waals surface area contributed by atoms with Crippen LogP contribution in [0.5, 0.6) is 11.5 Å². The van der Waals surface area contributed by atoms with E-state index in [0.29, 0.717) is 31.2 Å². The van der Waals surface area contributed by atoms with E-state index in [0.717, 1.165) is 27.2 Å². The molecule has 1 aromatic carbocycles. The van der Waals surface area contributed by atoms with Crippen LogP contribution in [0.25, 0.3) is 0 Å². The molecule has 1 N–H and O–H groups in total. The molecule has 0 bridgehead atoms. The molecule has 2 aromatic rings. The Morgan fingerprint density at radius 3 is 2.96 bits per heavy atom. The molecule has 8 heteroatoms. The second kappa shape index (κ2) is 7.65. The number of benzene rings is 1. The molecule has 1 amide bonds.